The molecule has 0 spiro atoms. The van der Waals surface area contributed by atoms with E-state index in [0.29, 0.717) is 0 Å². The normalized spacial score (nSPS) is 0. The van der Waals surface area contributed by atoms with Gasteiger partial charge in [-0.3, -0.25) is 0 Å². The number of hydrogen-bond donors (Lipinski definition) is 0. The maximum Gasteiger partial charge on any atom is 2.00 e. The smallest absolute Gasteiger partial charge is 0.358 e. The summed E-state index contributed by atoms with van der Waals surface area (Å²) >= 11 is 0. The Bertz CT molecular complexity index is 3.61. The van der Waals surface area contributed by atoms with Crippen LogP contribution >= 0.6 is 0 Å². The zero-order chi connectivity index (χ0) is 0. The molecule has 0 bridgehead atoms. The Kier molecular flexibility index (Phi) is 1310. The molecule has 0 N–H and O–H groups in total. The van der Waals surface area contributed by atoms with Crippen molar-refractivity contribution in [2.24, 2.45) is 0 Å². The monoisotopic (exact) mass is 100 g/mol. The molecule has 0 fully saturated rings. The molecule has 5 heavy (non-hydrogen) atoms. The average molecular weight is 100 g/mol. The fourth-order valence-electron chi connectivity index (χ4n) is 0. The van der Waals surface area contributed by atoms with Crippen molar-refractivity contribution in [1.29, 1.82) is 0 Å². The zero-order valence-corrected chi connectivity index (χ0v) is 6.92. The van der Waals surface area contributed by atoms with Gasteiger partial charge in [0, 0.05) is 0 Å². The molecule has 0 heterocycles. The molecule has 0 aliphatic rings. The molecule has 0 aromatic heterocycles. The molecule has 0 aliphatic heterocycles. The van der Waals surface area contributed by atoms with Gasteiger partial charge in [0.25, 0.3) is 0 Å². The Balaban J connectivity index is 0. The predicted octanol–water partition coefficient (Wildman–Crippen LogP) is 1.42. The Morgan fingerprint density at radius 3 is 0.400 bits per heavy atom. The van der Waals surface area contributed by atoms with E-state index in [1.807, 2.05) is 0 Å². The summed E-state index contributed by atoms with van der Waals surface area (Å²) in [5.41, 5.74) is 0. The Morgan fingerprint density at radius 1 is 0.400 bits per heavy atom. The van der Waals surface area contributed by atoms with Gasteiger partial charge in [-0.1, -0.05) is 0 Å². The van der Waals surface area contributed by atoms with Gasteiger partial charge in [-0.25, -0.2) is 0 Å². The van der Waals surface area contributed by atoms with Gasteiger partial charge >= 0.3 is 37.7 Å². The molecule has 0 aliphatic carbocycles. The minimum atomic E-state index is 0. The van der Waals surface area contributed by atoms with E-state index in [2.05, 4.69) is 0 Å². The molecule has 0 saturated heterocycles. The minimum absolute atomic E-state index is 0. The molecule has 32 valence electrons. The minimum Gasteiger partial charge on any atom is -0.358 e. The number of hydrogen-bond acceptors (Lipinski definition) is 0. The topological polar surface area (TPSA) is 0 Å². The summed E-state index contributed by atoms with van der Waals surface area (Å²) in [6.45, 7) is 0. The molecule has 1 heteroatoms. The maximum absolute atomic E-state index is 0. The van der Waals surface area contributed by atoms with Crippen molar-refractivity contribution >= 4 is 37.7 Å². The Labute approximate surface area is 67.0 Å². The Hall–Kier alpha value is 1.26. The van der Waals surface area contributed by atoms with Crippen molar-refractivity contribution in [2.45, 2.75) is 0 Å². The van der Waals surface area contributed by atoms with E-state index < -0.39 is 0 Å². The summed E-state index contributed by atoms with van der Waals surface area (Å²) in [7, 11) is 0. The summed E-state index contributed by atoms with van der Waals surface area (Å²) in [6.07, 6.45) is 0. The first-order chi connectivity index (χ1) is 0. The molecule has 0 atom stereocenters. The summed E-state index contributed by atoms with van der Waals surface area (Å²) in [5.74, 6) is 0. The van der Waals surface area contributed by atoms with Crippen molar-refractivity contribution in [3.63, 3.8) is 0 Å². The van der Waals surface area contributed by atoms with E-state index in [0.717, 1.165) is 0 Å². The van der Waals surface area contributed by atoms with Crippen molar-refractivity contribution in [3.05, 3.63) is 29.7 Å². The first kappa shape index (κ1) is 109. The van der Waals surface area contributed by atoms with Gasteiger partial charge in [0.15, 0.2) is 0 Å². The van der Waals surface area contributed by atoms with Crippen LogP contribution in [0.4, 0.5) is 0 Å². The average Bonchev–Trinajstić information content (AvgIpc) is 0. The fraction of sp³-hybridized carbons (Fsp3) is 0. The first-order valence-electron chi connectivity index (χ1n) is 0. The van der Waals surface area contributed by atoms with Crippen LogP contribution in [0, 0.1) is 29.7 Å². The van der Waals surface area contributed by atoms with E-state index >= 15 is 0 Å². The third kappa shape index (κ3) is 35.2. The Morgan fingerprint density at radius 2 is 0.400 bits per heavy atom. The molecule has 0 amide bonds. The molecular formula is C4H12Ca-2. The van der Waals surface area contributed by atoms with Crippen molar-refractivity contribution in [1.82, 2.24) is 0 Å². The molecule has 0 rings (SSSR count). The quantitative estimate of drug-likeness (QED) is 0.319. The summed E-state index contributed by atoms with van der Waals surface area (Å²) in [6, 6.07) is 0. The maximum atomic E-state index is 0. The second kappa shape index (κ2) is 60.1. The first-order valence-corrected chi connectivity index (χ1v) is 0. The molecule has 0 nitrogen and oxygen atoms in total. The SMILES string of the molecule is [CH3-].[CH3-].[CH3-].[CH3-].[Ca+2]. The van der Waals surface area contributed by atoms with E-state index in [4.69, 9.17) is 0 Å². The van der Waals surface area contributed by atoms with Crippen LogP contribution in [0.15, 0.2) is 0 Å². The second-order valence-corrected chi connectivity index (χ2v) is 0. The van der Waals surface area contributed by atoms with Gasteiger partial charge in [0.2, 0.25) is 0 Å². The molecule has 0 unspecified atom stereocenters. The zero-order valence-electron chi connectivity index (χ0n) is 4.71. The van der Waals surface area contributed by atoms with Gasteiger partial charge in [0.1, 0.15) is 0 Å². The second-order valence-electron chi connectivity index (χ2n) is 0. The van der Waals surface area contributed by atoms with Gasteiger partial charge in [-0.05, 0) is 0 Å². The molecule has 0 aromatic rings. The van der Waals surface area contributed by atoms with Gasteiger partial charge in [-0.15, -0.1) is 0 Å². The predicted molar refractivity (Wildman–Crippen MR) is 31.4 cm³/mol. The van der Waals surface area contributed by atoms with Crippen LogP contribution < -0.4 is 0 Å². The third-order valence-electron chi connectivity index (χ3n) is 0. The largest absolute Gasteiger partial charge is 2.00 e. The molecule has 0 aromatic carbocycles. The van der Waals surface area contributed by atoms with Crippen molar-refractivity contribution in [3.8, 4) is 0 Å². The van der Waals surface area contributed by atoms with Crippen LogP contribution in [0.25, 0.3) is 0 Å². The molecule has 0 radical (unpaired) electrons. The summed E-state index contributed by atoms with van der Waals surface area (Å²) < 4.78 is 0. The third-order valence-corrected chi connectivity index (χ3v) is 0. The van der Waals surface area contributed by atoms with Crippen molar-refractivity contribution in [2.75, 3.05) is 0 Å². The summed E-state index contributed by atoms with van der Waals surface area (Å²) in [5, 5.41) is 0. The number of rotatable bonds is 0. The van der Waals surface area contributed by atoms with Crippen LogP contribution in [0.2, 0.25) is 0 Å². The van der Waals surface area contributed by atoms with Gasteiger partial charge < -0.3 is 29.7 Å². The van der Waals surface area contributed by atoms with E-state index in [9.17, 15) is 0 Å². The van der Waals surface area contributed by atoms with Crippen LogP contribution in [-0.4, -0.2) is 37.7 Å². The van der Waals surface area contributed by atoms with E-state index in [1.165, 1.54) is 0 Å². The van der Waals surface area contributed by atoms with Crippen molar-refractivity contribution < 1.29 is 0 Å². The van der Waals surface area contributed by atoms with Gasteiger partial charge in [0.05, 0.1) is 0 Å². The van der Waals surface area contributed by atoms with Crippen LogP contribution in [0.3, 0.4) is 0 Å². The van der Waals surface area contributed by atoms with Crippen LogP contribution in [-0.2, 0) is 0 Å². The molecular weight excluding hydrogens is 88.1 g/mol. The summed E-state index contributed by atoms with van der Waals surface area (Å²) in [4.78, 5) is 0. The van der Waals surface area contributed by atoms with Gasteiger partial charge in [-0.2, -0.15) is 0 Å². The standard InChI is InChI=1S/4CH3.Ca/h4*1H3;/q4*-1;+2. The van der Waals surface area contributed by atoms with E-state index in [1.54, 1.807) is 0 Å². The van der Waals surface area contributed by atoms with E-state index in [-0.39, 0.29) is 67.4 Å². The van der Waals surface area contributed by atoms with Crippen LogP contribution in [0.1, 0.15) is 0 Å². The molecule has 0 saturated carbocycles. The fourth-order valence-corrected chi connectivity index (χ4v) is 0. The van der Waals surface area contributed by atoms with Crippen LogP contribution in [0.5, 0.6) is 0 Å².